The SMILES string of the molecule is CCOC(=O)N1C(C)=C(C)C(c2ccccc2)C(C2=NC(C)(C)CO2)=C1C. The highest BCUT2D eigenvalue weighted by Gasteiger charge is 2.39. The summed E-state index contributed by atoms with van der Waals surface area (Å²) in [5.74, 6) is 0.608. The van der Waals surface area contributed by atoms with Crippen molar-refractivity contribution in [2.45, 2.75) is 53.0 Å². The fraction of sp³-hybridized carbons (Fsp3) is 0.455. The first kappa shape index (κ1) is 19.2. The summed E-state index contributed by atoms with van der Waals surface area (Å²) in [4.78, 5) is 19.1. The summed E-state index contributed by atoms with van der Waals surface area (Å²) < 4.78 is 11.3. The first-order valence-corrected chi connectivity index (χ1v) is 9.40. The number of aliphatic imine (C=N–C) groups is 1. The number of benzene rings is 1. The van der Waals surface area contributed by atoms with E-state index in [2.05, 4.69) is 19.1 Å². The molecule has 1 aromatic carbocycles. The maximum atomic E-state index is 12.7. The molecule has 3 rings (SSSR count). The zero-order chi connectivity index (χ0) is 19.8. The molecule has 2 heterocycles. The van der Waals surface area contributed by atoms with Gasteiger partial charge < -0.3 is 9.47 Å². The Hall–Kier alpha value is -2.56. The fourth-order valence-electron chi connectivity index (χ4n) is 3.71. The van der Waals surface area contributed by atoms with Crippen molar-refractivity contribution in [3.63, 3.8) is 0 Å². The van der Waals surface area contributed by atoms with E-state index in [1.54, 1.807) is 4.90 Å². The van der Waals surface area contributed by atoms with Gasteiger partial charge in [0, 0.05) is 22.9 Å². The monoisotopic (exact) mass is 368 g/mol. The summed E-state index contributed by atoms with van der Waals surface area (Å²) >= 11 is 0. The fourth-order valence-corrected chi connectivity index (χ4v) is 3.71. The van der Waals surface area contributed by atoms with Crippen LogP contribution in [0.1, 0.15) is 53.0 Å². The van der Waals surface area contributed by atoms with Crippen LogP contribution < -0.4 is 0 Å². The van der Waals surface area contributed by atoms with Gasteiger partial charge in [-0.3, -0.25) is 4.90 Å². The predicted molar refractivity (Wildman–Crippen MR) is 107 cm³/mol. The molecular weight excluding hydrogens is 340 g/mol. The molecule has 1 amide bonds. The van der Waals surface area contributed by atoms with Gasteiger partial charge in [-0.2, -0.15) is 0 Å². The van der Waals surface area contributed by atoms with Gasteiger partial charge in [0.05, 0.1) is 12.1 Å². The number of hydrogen-bond acceptors (Lipinski definition) is 4. The molecule has 1 unspecified atom stereocenters. The second kappa shape index (κ2) is 7.22. The predicted octanol–water partition coefficient (Wildman–Crippen LogP) is 5.02. The first-order valence-electron chi connectivity index (χ1n) is 9.40. The van der Waals surface area contributed by atoms with E-state index in [1.165, 1.54) is 0 Å². The Morgan fingerprint density at radius 2 is 1.89 bits per heavy atom. The summed E-state index contributed by atoms with van der Waals surface area (Å²) in [5, 5.41) is 0. The lowest BCUT2D eigenvalue weighted by molar-refractivity contribution is 0.126. The minimum Gasteiger partial charge on any atom is -0.475 e. The molecule has 2 aliphatic heterocycles. The summed E-state index contributed by atoms with van der Waals surface area (Å²) in [6.07, 6.45) is -0.367. The topological polar surface area (TPSA) is 51.1 Å². The molecule has 0 spiro atoms. The number of ether oxygens (including phenoxy) is 2. The van der Waals surface area contributed by atoms with E-state index < -0.39 is 0 Å². The smallest absolute Gasteiger partial charge is 0.418 e. The molecular formula is C22H28N2O3. The Bertz CT molecular complexity index is 834. The Kier molecular flexibility index (Phi) is 5.13. The zero-order valence-electron chi connectivity index (χ0n) is 17.0. The third kappa shape index (κ3) is 3.51. The molecule has 0 aromatic heterocycles. The second-order valence-electron chi connectivity index (χ2n) is 7.66. The highest BCUT2D eigenvalue weighted by atomic mass is 16.6. The van der Waals surface area contributed by atoms with Gasteiger partial charge in [-0.15, -0.1) is 0 Å². The minimum atomic E-state index is -0.367. The lowest BCUT2D eigenvalue weighted by atomic mass is 9.80. The van der Waals surface area contributed by atoms with Crippen molar-refractivity contribution in [1.29, 1.82) is 0 Å². The van der Waals surface area contributed by atoms with Gasteiger partial charge >= 0.3 is 6.09 Å². The molecule has 1 aromatic rings. The Morgan fingerprint density at radius 1 is 1.22 bits per heavy atom. The Morgan fingerprint density at radius 3 is 2.44 bits per heavy atom. The summed E-state index contributed by atoms with van der Waals surface area (Å²) in [6.45, 7) is 12.7. The molecule has 2 aliphatic rings. The lowest BCUT2D eigenvalue weighted by Crippen LogP contribution is -2.36. The van der Waals surface area contributed by atoms with Gasteiger partial charge in [0.25, 0.3) is 0 Å². The molecule has 0 aliphatic carbocycles. The van der Waals surface area contributed by atoms with E-state index in [9.17, 15) is 4.79 Å². The first-order chi connectivity index (χ1) is 12.8. The van der Waals surface area contributed by atoms with Crippen molar-refractivity contribution in [1.82, 2.24) is 4.90 Å². The average molecular weight is 368 g/mol. The van der Waals surface area contributed by atoms with Crippen molar-refractivity contribution in [2.75, 3.05) is 13.2 Å². The van der Waals surface area contributed by atoms with Crippen molar-refractivity contribution in [3.05, 3.63) is 58.4 Å². The molecule has 0 fully saturated rings. The second-order valence-corrected chi connectivity index (χ2v) is 7.66. The average Bonchev–Trinajstić information content (AvgIpc) is 2.98. The molecule has 0 radical (unpaired) electrons. The van der Waals surface area contributed by atoms with E-state index in [0.717, 1.165) is 28.1 Å². The van der Waals surface area contributed by atoms with Crippen LogP contribution in [0.2, 0.25) is 0 Å². The highest BCUT2D eigenvalue weighted by molar-refractivity contribution is 5.99. The largest absolute Gasteiger partial charge is 0.475 e. The van der Waals surface area contributed by atoms with Crippen LogP contribution in [0.3, 0.4) is 0 Å². The maximum absolute atomic E-state index is 12.7. The molecule has 0 saturated heterocycles. The standard InChI is InChI=1S/C22H28N2O3/c1-7-26-21(25)24-15(3)14(2)18(17-11-9-8-10-12-17)19(16(24)4)20-23-22(5,6)13-27-20/h8-12,18H,7,13H2,1-6H3. The molecule has 144 valence electrons. The zero-order valence-corrected chi connectivity index (χ0v) is 17.0. The number of nitrogens with zero attached hydrogens (tertiary/aromatic N) is 2. The van der Waals surface area contributed by atoms with Crippen LogP contribution >= 0.6 is 0 Å². The summed E-state index contributed by atoms with van der Waals surface area (Å²) in [6, 6.07) is 10.3. The van der Waals surface area contributed by atoms with Crippen molar-refractivity contribution in [2.24, 2.45) is 4.99 Å². The molecule has 27 heavy (non-hydrogen) atoms. The molecule has 5 heteroatoms. The van der Waals surface area contributed by atoms with E-state index in [1.807, 2.05) is 52.8 Å². The van der Waals surface area contributed by atoms with Gasteiger partial charge in [-0.05, 0) is 52.7 Å². The van der Waals surface area contributed by atoms with Crippen LogP contribution in [-0.4, -0.2) is 35.6 Å². The van der Waals surface area contributed by atoms with E-state index in [4.69, 9.17) is 14.5 Å². The molecule has 0 bridgehead atoms. The molecule has 5 nitrogen and oxygen atoms in total. The van der Waals surface area contributed by atoms with Gasteiger partial charge in [0.15, 0.2) is 0 Å². The normalized spacial score (nSPS) is 21.9. The summed E-state index contributed by atoms with van der Waals surface area (Å²) in [7, 11) is 0. The van der Waals surface area contributed by atoms with Crippen LogP contribution in [0, 0.1) is 0 Å². The minimum absolute atomic E-state index is 0.00970. The van der Waals surface area contributed by atoms with Crippen LogP contribution in [0.25, 0.3) is 0 Å². The van der Waals surface area contributed by atoms with Gasteiger partial charge in [0.2, 0.25) is 5.90 Å². The number of allylic oxidation sites excluding steroid dienone is 3. The number of rotatable bonds is 3. The third-order valence-electron chi connectivity index (χ3n) is 5.13. The number of hydrogen-bond donors (Lipinski definition) is 0. The highest BCUT2D eigenvalue weighted by Crippen LogP contribution is 2.43. The van der Waals surface area contributed by atoms with E-state index in [-0.39, 0.29) is 17.6 Å². The van der Waals surface area contributed by atoms with Crippen molar-refractivity contribution < 1.29 is 14.3 Å². The van der Waals surface area contributed by atoms with Crippen LogP contribution in [0.4, 0.5) is 4.79 Å². The van der Waals surface area contributed by atoms with Crippen LogP contribution in [-0.2, 0) is 9.47 Å². The number of amides is 1. The van der Waals surface area contributed by atoms with E-state index >= 15 is 0 Å². The van der Waals surface area contributed by atoms with Crippen LogP contribution in [0.5, 0.6) is 0 Å². The maximum Gasteiger partial charge on any atom is 0.418 e. The van der Waals surface area contributed by atoms with Gasteiger partial charge in [-0.25, -0.2) is 9.79 Å². The third-order valence-corrected chi connectivity index (χ3v) is 5.13. The molecule has 0 N–H and O–H groups in total. The molecule has 1 atom stereocenters. The van der Waals surface area contributed by atoms with Gasteiger partial charge in [0.1, 0.15) is 6.61 Å². The Balaban J connectivity index is 2.19. The number of carbonyl (C=O) groups excluding carboxylic acids is 1. The number of carbonyl (C=O) groups is 1. The van der Waals surface area contributed by atoms with Crippen molar-refractivity contribution in [3.8, 4) is 0 Å². The quantitative estimate of drug-likeness (QED) is 0.753. The van der Waals surface area contributed by atoms with Gasteiger partial charge in [-0.1, -0.05) is 30.3 Å². The Labute approximate surface area is 161 Å². The van der Waals surface area contributed by atoms with Crippen molar-refractivity contribution >= 4 is 12.0 Å². The van der Waals surface area contributed by atoms with E-state index in [0.29, 0.717) is 19.1 Å². The summed E-state index contributed by atoms with van der Waals surface area (Å²) in [5.41, 5.74) is 4.60. The molecule has 0 saturated carbocycles. The lowest BCUT2D eigenvalue weighted by Gasteiger charge is -2.36. The van der Waals surface area contributed by atoms with Crippen LogP contribution in [0.15, 0.2) is 57.9 Å².